The van der Waals surface area contributed by atoms with Crippen molar-refractivity contribution in [2.24, 2.45) is 0 Å². The fraction of sp³-hybridized carbons (Fsp3) is 0.625. The maximum atomic E-state index is 11.4. The van der Waals surface area contributed by atoms with Crippen LogP contribution in [0.25, 0.3) is 0 Å². The molecule has 0 aliphatic rings. The highest BCUT2D eigenvalue weighted by Gasteiger charge is 2.16. The molecule has 1 rings (SSSR count). The molecule has 0 bridgehead atoms. The van der Waals surface area contributed by atoms with Crippen molar-refractivity contribution < 1.29 is 9.53 Å². The molecule has 0 atom stereocenters. The van der Waals surface area contributed by atoms with Crippen LogP contribution in [-0.2, 0) is 11.3 Å². The minimum absolute atomic E-state index is 0.191. The van der Waals surface area contributed by atoms with Crippen molar-refractivity contribution in [3.63, 3.8) is 0 Å². The molecular formula is C8H13N3O3. The summed E-state index contributed by atoms with van der Waals surface area (Å²) >= 11 is 0. The van der Waals surface area contributed by atoms with Gasteiger partial charge in [0.2, 0.25) is 5.69 Å². The molecule has 6 nitrogen and oxygen atoms in total. The standard InChI is InChI=1S/C8H13N3O3/c1-3-4-5-11-7(12)6(9-10-11)8(13)14-2/h10H,3-5H2,1-2H3. The van der Waals surface area contributed by atoms with Gasteiger partial charge >= 0.3 is 11.5 Å². The Hall–Kier alpha value is -1.59. The number of unbranched alkanes of at least 4 members (excludes halogenated alkanes) is 1. The van der Waals surface area contributed by atoms with Gasteiger partial charge in [-0.3, -0.25) is 4.79 Å². The molecule has 1 aromatic rings. The summed E-state index contributed by atoms with van der Waals surface area (Å²) in [5.41, 5.74) is -0.617. The Morgan fingerprint density at radius 2 is 2.36 bits per heavy atom. The van der Waals surface area contributed by atoms with Crippen molar-refractivity contribution >= 4 is 5.97 Å². The van der Waals surface area contributed by atoms with E-state index in [1.807, 2.05) is 6.92 Å². The van der Waals surface area contributed by atoms with E-state index in [-0.39, 0.29) is 5.69 Å². The summed E-state index contributed by atoms with van der Waals surface area (Å²) in [5, 5.41) is 6.07. The fourth-order valence-corrected chi connectivity index (χ4v) is 1.03. The Morgan fingerprint density at radius 1 is 1.64 bits per heavy atom. The van der Waals surface area contributed by atoms with E-state index in [1.54, 1.807) is 0 Å². The van der Waals surface area contributed by atoms with Crippen molar-refractivity contribution in [3.8, 4) is 0 Å². The molecular weight excluding hydrogens is 186 g/mol. The largest absolute Gasteiger partial charge is 0.464 e. The monoisotopic (exact) mass is 199 g/mol. The Kier molecular flexibility index (Phi) is 3.44. The highest BCUT2D eigenvalue weighted by molar-refractivity contribution is 5.86. The predicted molar refractivity (Wildman–Crippen MR) is 49.1 cm³/mol. The number of ether oxygens (including phenoxy) is 1. The van der Waals surface area contributed by atoms with Gasteiger partial charge in [0.05, 0.1) is 7.11 Å². The molecule has 1 heterocycles. The third-order valence-corrected chi connectivity index (χ3v) is 1.84. The molecule has 1 N–H and O–H groups in total. The summed E-state index contributed by atoms with van der Waals surface area (Å²) in [4.78, 5) is 22.4. The van der Waals surface area contributed by atoms with Gasteiger partial charge < -0.3 is 4.74 Å². The molecule has 0 spiro atoms. The SMILES string of the molecule is CCCCn1[nH]nc(C(=O)OC)c1=O. The molecule has 1 aromatic heterocycles. The molecule has 0 unspecified atom stereocenters. The lowest BCUT2D eigenvalue weighted by molar-refractivity contribution is 0.0592. The lowest BCUT2D eigenvalue weighted by Crippen LogP contribution is -2.22. The fourth-order valence-electron chi connectivity index (χ4n) is 1.03. The van der Waals surface area contributed by atoms with Gasteiger partial charge in [0.15, 0.2) is 0 Å². The van der Waals surface area contributed by atoms with Crippen LogP contribution in [0.2, 0.25) is 0 Å². The minimum Gasteiger partial charge on any atom is -0.464 e. The molecule has 78 valence electrons. The summed E-state index contributed by atoms with van der Waals surface area (Å²) < 4.78 is 5.70. The second-order valence-electron chi connectivity index (χ2n) is 2.86. The van der Waals surface area contributed by atoms with Crippen LogP contribution in [0.4, 0.5) is 0 Å². The van der Waals surface area contributed by atoms with Gasteiger partial charge in [0, 0.05) is 6.54 Å². The summed E-state index contributed by atoms with van der Waals surface area (Å²) in [5.74, 6) is -0.707. The summed E-state index contributed by atoms with van der Waals surface area (Å²) in [6.45, 7) is 2.56. The predicted octanol–water partition coefficient (Wildman–Crippen LogP) is 0.158. The molecule has 14 heavy (non-hydrogen) atoms. The number of carbonyl (C=O) groups is 1. The maximum Gasteiger partial charge on any atom is 0.364 e. The Bertz CT molecular complexity index is 366. The van der Waals surface area contributed by atoms with Crippen molar-refractivity contribution in [2.75, 3.05) is 7.11 Å². The molecule has 0 aliphatic heterocycles. The molecule has 0 saturated carbocycles. The molecule has 6 heteroatoms. The number of H-pyrrole nitrogens is 1. The first-order valence-corrected chi connectivity index (χ1v) is 4.44. The van der Waals surface area contributed by atoms with Crippen molar-refractivity contribution in [3.05, 3.63) is 16.0 Å². The number of aromatic nitrogens is 3. The smallest absolute Gasteiger partial charge is 0.364 e. The summed E-state index contributed by atoms with van der Waals surface area (Å²) in [7, 11) is 1.22. The van der Waals surface area contributed by atoms with Crippen LogP contribution in [0.15, 0.2) is 4.79 Å². The van der Waals surface area contributed by atoms with E-state index in [4.69, 9.17) is 0 Å². The van der Waals surface area contributed by atoms with Crippen molar-refractivity contribution in [2.45, 2.75) is 26.3 Å². The number of esters is 1. The van der Waals surface area contributed by atoms with Crippen LogP contribution in [0.5, 0.6) is 0 Å². The quantitative estimate of drug-likeness (QED) is 0.700. The van der Waals surface area contributed by atoms with Crippen LogP contribution >= 0.6 is 0 Å². The first-order chi connectivity index (χ1) is 6.70. The number of carbonyl (C=O) groups excluding carboxylic acids is 1. The number of aromatic amines is 1. The number of aryl methyl sites for hydroxylation is 1. The van der Waals surface area contributed by atoms with Gasteiger partial charge in [-0.05, 0) is 6.42 Å². The van der Waals surface area contributed by atoms with Crippen LogP contribution in [0, 0.1) is 0 Å². The average Bonchev–Trinajstić information content (AvgIpc) is 2.56. The zero-order valence-corrected chi connectivity index (χ0v) is 8.24. The molecule has 0 saturated heterocycles. The number of hydrogen-bond acceptors (Lipinski definition) is 4. The molecule has 0 fully saturated rings. The highest BCUT2D eigenvalue weighted by atomic mass is 16.5. The van der Waals surface area contributed by atoms with E-state index in [0.29, 0.717) is 6.54 Å². The van der Waals surface area contributed by atoms with E-state index in [2.05, 4.69) is 15.0 Å². The summed E-state index contributed by atoms with van der Waals surface area (Å²) in [6, 6.07) is 0. The molecule has 0 aromatic carbocycles. The first kappa shape index (κ1) is 10.5. The van der Waals surface area contributed by atoms with E-state index in [0.717, 1.165) is 12.8 Å². The first-order valence-electron chi connectivity index (χ1n) is 4.44. The zero-order valence-electron chi connectivity index (χ0n) is 8.24. The van der Waals surface area contributed by atoms with Crippen molar-refractivity contribution in [1.29, 1.82) is 0 Å². The average molecular weight is 199 g/mol. The topological polar surface area (TPSA) is 77.0 Å². The van der Waals surface area contributed by atoms with Gasteiger partial charge in [0.1, 0.15) is 0 Å². The molecule has 0 amide bonds. The molecule has 0 aliphatic carbocycles. The number of rotatable bonds is 4. The number of nitrogens with one attached hydrogen (secondary N) is 1. The Balaban J connectivity index is 2.86. The third-order valence-electron chi connectivity index (χ3n) is 1.84. The van der Waals surface area contributed by atoms with Crippen molar-refractivity contribution in [1.82, 2.24) is 15.0 Å². The van der Waals surface area contributed by atoms with Crippen LogP contribution < -0.4 is 5.56 Å². The van der Waals surface area contributed by atoms with Crippen LogP contribution in [-0.4, -0.2) is 28.1 Å². The number of nitrogens with zero attached hydrogens (tertiary/aromatic N) is 2. The maximum absolute atomic E-state index is 11.4. The Labute approximate surface area is 80.9 Å². The van der Waals surface area contributed by atoms with E-state index in [1.165, 1.54) is 11.8 Å². The second-order valence-corrected chi connectivity index (χ2v) is 2.86. The minimum atomic E-state index is -0.707. The normalized spacial score (nSPS) is 10.1. The van der Waals surface area contributed by atoms with E-state index >= 15 is 0 Å². The third kappa shape index (κ3) is 2.01. The zero-order chi connectivity index (χ0) is 10.6. The number of methoxy groups -OCH3 is 1. The van der Waals surface area contributed by atoms with Crippen LogP contribution in [0.1, 0.15) is 30.3 Å². The van der Waals surface area contributed by atoms with Gasteiger partial charge in [-0.1, -0.05) is 13.3 Å². The van der Waals surface area contributed by atoms with Gasteiger partial charge in [-0.25, -0.2) is 14.7 Å². The van der Waals surface area contributed by atoms with Gasteiger partial charge in [-0.2, -0.15) is 0 Å². The highest BCUT2D eigenvalue weighted by Crippen LogP contribution is 1.91. The number of hydrogen-bond donors (Lipinski definition) is 1. The lowest BCUT2D eigenvalue weighted by atomic mass is 10.3. The van der Waals surface area contributed by atoms with Gasteiger partial charge in [0.25, 0.3) is 0 Å². The molecule has 0 radical (unpaired) electrons. The van der Waals surface area contributed by atoms with Gasteiger partial charge in [-0.15, -0.1) is 5.10 Å². The van der Waals surface area contributed by atoms with Crippen LogP contribution in [0.3, 0.4) is 0 Å². The van der Waals surface area contributed by atoms with E-state index in [9.17, 15) is 9.59 Å². The second kappa shape index (κ2) is 4.59. The Morgan fingerprint density at radius 3 is 2.93 bits per heavy atom. The van der Waals surface area contributed by atoms with E-state index < -0.39 is 11.5 Å². The lowest BCUT2D eigenvalue weighted by Gasteiger charge is -1.95. The summed E-state index contributed by atoms with van der Waals surface area (Å²) in [6.07, 6.45) is 1.84.